The quantitative estimate of drug-likeness (QED) is 0.855. The SMILES string of the molecule is Cc1ccc(C2=C(c3cccc(C(F)(F)F)c3)C(=O)NC2=O)cc1. The van der Waals surface area contributed by atoms with Crippen molar-refractivity contribution in [3.8, 4) is 0 Å². The standard InChI is InChI=1S/C18H12F3NO2/c1-10-5-7-11(8-6-10)14-15(17(24)22-16(14)23)12-3-2-4-13(9-12)18(19,20)21/h2-9H,1H3,(H,22,23,24). The Morgan fingerprint density at radius 2 is 1.42 bits per heavy atom. The Morgan fingerprint density at radius 1 is 0.833 bits per heavy atom. The molecule has 0 aliphatic carbocycles. The Labute approximate surface area is 135 Å². The van der Waals surface area contributed by atoms with Crippen molar-refractivity contribution in [2.75, 3.05) is 0 Å². The first kappa shape index (κ1) is 16.0. The van der Waals surface area contributed by atoms with Crippen LogP contribution in [0.2, 0.25) is 0 Å². The summed E-state index contributed by atoms with van der Waals surface area (Å²) in [6.07, 6.45) is -4.53. The number of hydrogen-bond donors (Lipinski definition) is 1. The van der Waals surface area contributed by atoms with E-state index in [4.69, 9.17) is 0 Å². The Morgan fingerprint density at radius 3 is 2.00 bits per heavy atom. The van der Waals surface area contributed by atoms with Crippen LogP contribution in [0, 0.1) is 6.92 Å². The molecule has 2 aromatic carbocycles. The lowest BCUT2D eigenvalue weighted by Crippen LogP contribution is -2.22. The minimum Gasteiger partial charge on any atom is -0.288 e. The molecule has 6 heteroatoms. The molecule has 0 atom stereocenters. The summed E-state index contributed by atoms with van der Waals surface area (Å²) in [4.78, 5) is 24.2. The number of nitrogens with one attached hydrogen (secondary N) is 1. The molecule has 0 saturated carbocycles. The van der Waals surface area contributed by atoms with Gasteiger partial charge < -0.3 is 0 Å². The molecule has 0 bridgehead atoms. The number of aryl methyl sites for hydroxylation is 1. The summed E-state index contributed by atoms with van der Waals surface area (Å²) in [5.74, 6) is -1.31. The van der Waals surface area contributed by atoms with Gasteiger partial charge >= 0.3 is 6.18 Å². The van der Waals surface area contributed by atoms with Crippen molar-refractivity contribution >= 4 is 23.0 Å². The number of hydrogen-bond acceptors (Lipinski definition) is 2. The predicted molar refractivity (Wildman–Crippen MR) is 82.6 cm³/mol. The lowest BCUT2D eigenvalue weighted by molar-refractivity contribution is -0.137. The van der Waals surface area contributed by atoms with Gasteiger partial charge in [-0.2, -0.15) is 13.2 Å². The topological polar surface area (TPSA) is 46.2 Å². The van der Waals surface area contributed by atoms with E-state index in [1.165, 1.54) is 12.1 Å². The first-order chi connectivity index (χ1) is 11.3. The van der Waals surface area contributed by atoms with Crippen molar-refractivity contribution in [2.45, 2.75) is 13.1 Å². The van der Waals surface area contributed by atoms with Gasteiger partial charge in [0.2, 0.25) is 0 Å². The van der Waals surface area contributed by atoms with Gasteiger partial charge in [-0.25, -0.2) is 0 Å². The molecule has 0 aromatic heterocycles. The van der Waals surface area contributed by atoms with Crippen LogP contribution in [0.25, 0.3) is 11.1 Å². The minimum absolute atomic E-state index is 0.0463. The number of alkyl halides is 3. The highest BCUT2D eigenvalue weighted by Gasteiger charge is 2.35. The first-order valence-corrected chi connectivity index (χ1v) is 7.12. The summed E-state index contributed by atoms with van der Waals surface area (Å²) in [6, 6.07) is 11.3. The lowest BCUT2D eigenvalue weighted by atomic mass is 9.95. The molecule has 3 nitrogen and oxygen atoms in total. The molecule has 24 heavy (non-hydrogen) atoms. The van der Waals surface area contributed by atoms with Crippen LogP contribution < -0.4 is 5.32 Å². The Hall–Kier alpha value is -2.89. The highest BCUT2D eigenvalue weighted by atomic mass is 19.4. The van der Waals surface area contributed by atoms with E-state index >= 15 is 0 Å². The number of carbonyl (C=O) groups is 2. The van der Waals surface area contributed by atoms with Crippen LogP contribution in [0.4, 0.5) is 13.2 Å². The van der Waals surface area contributed by atoms with Gasteiger partial charge in [0.1, 0.15) is 0 Å². The summed E-state index contributed by atoms with van der Waals surface area (Å²) in [7, 11) is 0. The maximum absolute atomic E-state index is 12.9. The molecular weight excluding hydrogens is 319 g/mol. The number of amides is 2. The number of rotatable bonds is 2. The average Bonchev–Trinajstić information content (AvgIpc) is 2.82. The zero-order valence-corrected chi connectivity index (χ0v) is 12.6. The molecule has 0 radical (unpaired) electrons. The second kappa shape index (κ2) is 5.63. The van der Waals surface area contributed by atoms with Crippen molar-refractivity contribution in [1.29, 1.82) is 0 Å². The largest absolute Gasteiger partial charge is 0.416 e. The number of carbonyl (C=O) groups excluding carboxylic acids is 2. The van der Waals surface area contributed by atoms with Crippen LogP contribution in [0.5, 0.6) is 0 Å². The summed E-state index contributed by atoms with van der Waals surface area (Å²) >= 11 is 0. The van der Waals surface area contributed by atoms with Gasteiger partial charge in [0.15, 0.2) is 0 Å². The first-order valence-electron chi connectivity index (χ1n) is 7.12. The molecule has 1 aliphatic rings. The van der Waals surface area contributed by atoms with E-state index in [-0.39, 0.29) is 16.7 Å². The number of halogens is 3. The summed E-state index contributed by atoms with van der Waals surface area (Å²) < 4.78 is 38.7. The van der Waals surface area contributed by atoms with Gasteiger partial charge in [-0.1, -0.05) is 42.0 Å². The van der Waals surface area contributed by atoms with E-state index in [9.17, 15) is 22.8 Å². The van der Waals surface area contributed by atoms with Crippen LogP contribution in [0.15, 0.2) is 48.5 Å². The molecule has 0 unspecified atom stereocenters. The second-order valence-corrected chi connectivity index (χ2v) is 5.48. The van der Waals surface area contributed by atoms with Crippen LogP contribution in [0.3, 0.4) is 0 Å². The molecule has 1 N–H and O–H groups in total. The Balaban J connectivity index is 2.20. The van der Waals surface area contributed by atoms with E-state index in [1.54, 1.807) is 24.3 Å². The predicted octanol–water partition coefficient (Wildman–Crippen LogP) is 3.58. The van der Waals surface area contributed by atoms with Crippen LogP contribution in [-0.4, -0.2) is 11.8 Å². The molecule has 1 aliphatic heterocycles. The van der Waals surface area contributed by atoms with Crippen molar-refractivity contribution in [2.24, 2.45) is 0 Å². The lowest BCUT2D eigenvalue weighted by Gasteiger charge is -2.10. The van der Waals surface area contributed by atoms with Crippen LogP contribution in [0.1, 0.15) is 22.3 Å². The van der Waals surface area contributed by atoms with E-state index in [2.05, 4.69) is 5.32 Å². The molecule has 0 saturated heterocycles. The smallest absolute Gasteiger partial charge is 0.288 e. The third-order valence-electron chi connectivity index (χ3n) is 3.75. The second-order valence-electron chi connectivity index (χ2n) is 5.48. The van der Waals surface area contributed by atoms with Gasteiger partial charge in [0, 0.05) is 0 Å². The van der Waals surface area contributed by atoms with Crippen LogP contribution in [-0.2, 0) is 15.8 Å². The average molecular weight is 331 g/mol. The molecule has 0 spiro atoms. The van der Waals surface area contributed by atoms with E-state index in [0.717, 1.165) is 17.7 Å². The minimum atomic E-state index is -4.53. The molecule has 0 fully saturated rings. The van der Waals surface area contributed by atoms with Crippen molar-refractivity contribution < 1.29 is 22.8 Å². The van der Waals surface area contributed by atoms with Gasteiger partial charge in [0.25, 0.3) is 11.8 Å². The maximum atomic E-state index is 12.9. The van der Waals surface area contributed by atoms with E-state index < -0.39 is 23.6 Å². The highest BCUT2D eigenvalue weighted by Crippen LogP contribution is 2.35. The molecule has 1 heterocycles. The number of imide groups is 1. The molecule has 2 aromatic rings. The zero-order chi connectivity index (χ0) is 17.5. The normalized spacial score (nSPS) is 15.0. The van der Waals surface area contributed by atoms with Gasteiger partial charge in [0.05, 0.1) is 16.7 Å². The monoisotopic (exact) mass is 331 g/mol. The zero-order valence-electron chi connectivity index (χ0n) is 12.6. The fourth-order valence-corrected chi connectivity index (χ4v) is 2.58. The third kappa shape index (κ3) is 2.82. The van der Waals surface area contributed by atoms with E-state index in [1.807, 2.05) is 6.92 Å². The highest BCUT2D eigenvalue weighted by molar-refractivity contribution is 6.49. The van der Waals surface area contributed by atoms with Crippen molar-refractivity contribution in [3.63, 3.8) is 0 Å². The van der Waals surface area contributed by atoms with Crippen molar-refractivity contribution in [1.82, 2.24) is 5.32 Å². The molecular formula is C18H12F3NO2. The Kier molecular flexibility index (Phi) is 3.75. The van der Waals surface area contributed by atoms with Gasteiger partial charge in [-0.3, -0.25) is 14.9 Å². The summed E-state index contributed by atoms with van der Waals surface area (Å²) in [6.45, 7) is 1.87. The fourth-order valence-electron chi connectivity index (χ4n) is 2.58. The van der Waals surface area contributed by atoms with Crippen molar-refractivity contribution in [3.05, 3.63) is 70.8 Å². The van der Waals surface area contributed by atoms with Crippen LogP contribution >= 0.6 is 0 Å². The Bertz CT molecular complexity index is 865. The van der Waals surface area contributed by atoms with Gasteiger partial charge in [-0.05, 0) is 30.2 Å². The molecule has 2 amide bonds. The number of benzene rings is 2. The fraction of sp³-hybridized carbons (Fsp3) is 0.111. The van der Waals surface area contributed by atoms with Gasteiger partial charge in [-0.15, -0.1) is 0 Å². The molecule has 122 valence electrons. The third-order valence-corrected chi connectivity index (χ3v) is 3.75. The summed E-state index contributed by atoms with van der Waals surface area (Å²) in [5.41, 5.74) is 0.669. The maximum Gasteiger partial charge on any atom is 0.416 e. The van der Waals surface area contributed by atoms with E-state index in [0.29, 0.717) is 5.56 Å². The molecule has 3 rings (SSSR count). The summed E-state index contributed by atoms with van der Waals surface area (Å²) in [5, 5.41) is 2.15.